The molecule has 0 bridgehead atoms. The number of carbonyl (C=O) groups is 1. The predicted octanol–water partition coefficient (Wildman–Crippen LogP) is 4.20. The van der Waals surface area contributed by atoms with E-state index >= 15 is 0 Å². The van der Waals surface area contributed by atoms with E-state index in [2.05, 4.69) is 11.0 Å². The third kappa shape index (κ3) is 4.65. The minimum absolute atomic E-state index is 0.127. The Bertz CT molecular complexity index is 763. The molecule has 0 N–H and O–H groups in total. The van der Waals surface area contributed by atoms with Crippen LogP contribution in [0.5, 0.6) is 0 Å². The van der Waals surface area contributed by atoms with E-state index < -0.39 is 0 Å². The molecule has 0 radical (unpaired) electrons. The summed E-state index contributed by atoms with van der Waals surface area (Å²) in [5.74, 6) is -0.0775. The zero-order chi connectivity index (χ0) is 18.5. The van der Waals surface area contributed by atoms with Gasteiger partial charge in [0, 0.05) is 43.2 Å². The number of carbonyl (C=O) groups excluding carboxylic acids is 1. The van der Waals surface area contributed by atoms with Crippen LogP contribution in [0, 0.1) is 12.7 Å². The van der Waals surface area contributed by atoms with Gasteiger partial charge in [0.25, 0.3) is 5.91 Å². The van der Waals surface area contributed by atoms with Gasteiger partial charge in [-0.15, -0.1) is 11.8 Å². The topological polar surface area (TPSA) is 23.6 Å². The summed E-state index contributed by atoms with van der Waals surface area (Å²) in [7, 11) is 0. The molecule has 2 aromatic carbocycles. The highest BCUT2D eigenvalue weighted by Crippen LogP contribution is 2.21. The summed E-state index contributed by atoms with van der Waals surface area (Å²) in [6.45, 7) is 6.08. The number of aryl methyl sites for hydroxylation is 1. The van der Waals surface area contributed by atoms with Gasteiger partial charge >= 0.3 is 0 Å². The maximum absolute atomic E-state index is 13.1. The molecule has 1 saturated heterocycles. The van der Waals surface area contributed by atoms with Gasteiger partial charge in [-0.1, -0.05) is 18.2 Å². The van der Waals surface area contributed by atoms with Crippen LogP contribution in [0.2, 0.25) is 0 Å². The van der Waals surface area contributed by atoms with Crippen molar-refractivity contribution in [1.29, 1.82) is 0 Å². The normalized spacial score (nSPS) is 15.7. The largest absolute Gasteiger partial charge is 0.337 e. The standard InChI is InChI=1S/C21H25FN2OS/c1-16-4-9-19(26-2)14-20(16)21(25)24-11-3-10-23(12-13-24)15-17-5-7-18(22)8-6-17/h4-9,14H,3,10-13,15H2,1-2H3. The molecule has 1 amide bonds. The van der Waals surface area contributed by atoms with Crippen LogP contribution in [0.4, 0.5) is 4.39 Å². The number of hydrogen-bond donors (Lipinski definition) is 0. The van der Waals surface area contributed by atoms with Crippen LogP contribution in [0.1, 0.15) is 27.9 Å². The van der Waals surface area contributed by atoms with E-state index in [9.17, 15) is 9.18 Å². The lowest BCUT2D eigenvalue weighted by molar-refractivity contribution is 0.0760. The van der Waals surface area contributed by atoms with Gasteiger partial charge in [0.1, 0.15) is 5.82 Å². The van der Waals surface area contributed by atoms with Crippen LogP contribution in [-0.4, -0.2) is 48.1 Å². The van der Waals surface area contributed by atoms with Crippen molar-refractivity contribution in [2.24, 2.45) is 0 Å². The first-order valence-corrected chi connectivity index (χ1v) is 10.2. The third-order valence-electron chi connectivity index (χ3n) is 4.87. The highest BCUT2D eigenvalue weighted by atomic mass is 32.2. The van der Waals surface area contributed by atoms with Crippen LogP contribution >= 0.6 is 11.8 Å². The maximum Gasteiger partial charge on any atom is 0.254 e. The van der Waals surface area contributed by atoms with E-state index in [1.54, 1.807) is 11.8 Å². The molecule has 138 valence electrons. The second kappa shape index (κ2) is 8.69. The van der Waals surface area contributed by atoms with Gasteiger partial charge in [-0.05, 0) is 55.0 Å². The van der Waals surface area contributed by atoms with E-state index in [4.69, 9.17) is 0 Å². The molecule has 5 heteroatoms. The van der Waals surface area contributed by atoms with Crippen molar-refractivity contribution in [2.75, 3.05) is 32.4 Å². The summed E-state index contributed by atoms with van der Waals surface area (Å²) in [5.41, 5.74) is 2.94. The second-order valence-corrected chi connectivity index (χ2v) is 7.61. The van der Waals surface area contributed by atoms with Gasteiger partial charge in [-0.2, -0.15) is 0 Å². The van der Waals surface area contributed by atoms with Crippen LogP contribution in [0.15, 0.2) is 47.4 Å². The molecule has 0 spiro atoms. The van der Waals surface area contributed by atoms with Crippen LogP contribution in [-0.2, 0) is 6.54 Å². The van der Waals surface area contributed by atoms with Crippen LogP contribution in [0.25, 0.3) is 0 Å². The molecule has 3 rings (SSSR count). The molecule has 0 unspecified atom stereocenters. The summed E-state index contributed by atoms with van der Waals surface area (Å²) in [6.07, 6.45) is 2.98. The van der Waals surface area contributed by atoms with Gasteiger partial charge in [-0.25, -0.2) is 4.39 Å². The average Bonchev–Trinajstić information content (AvgIpc) is 2.89. The molecule has 2 aromatic rings. The van der Waals surface area contributed by atoms with Crippen LogP contribution < -0.4 is 0 Å². The van der Waals surface area contributed by atoms with Gasteiger partial charge < -0.3 is 4.90 Å². The van der Waals surface area contributed by atoms with E-state index in [0.717, 1.165) is 60.7 Å². The van der Waals surface area contributed by atoms with Crippen molar-refractivity contribution in [1.82, 2.24) is 9.80 Å². The Morgan fingerprint density at radius 2 is 1.85 bits per heavy atom. The second-order valence-electron chi connectivity index (χ2n) is 6.73. The first kappa shape index (κ1) is 18.9. The molecule has 0 saturated carbocycles. The van der Waals surface area contributed by atoms with Crippen molar-refractivity contribution >= 4 is 17.7 Å². The Kier molecular flexibility index (Phi) is 6.33. The molecule has 1 aliphatic rings. The molecule has 3 nitrogen and oxygen atoms in total. The van der Waals surface area contributed by atoms with Crippen molar-refractivity contribution in [3.05, 3.63) is 65.0 Å². The number of benzene rings is 2. The Morgan fingerprint density at radius 3 is 2.58 bits per heavy atom. The number of hydrogen-bond acceptors (Lipinski definition) is 3. The fourth-order valence-corrected chi connectivity index (χ4v) is 3.75. The molecule has 1 fully saturated rings. The minimum atomic E-state index is -0.204. The number of nitrogens with zero attached hydrogens (tertiary/aromatic N) is 2. The van der Waals surface area contributed by atoms with Gasteiger partial charge in [0.05, 0.1) is 0 Å². The Hall–Kier alpha value is -1.85. The predicted molar refractivity (Wildman–Crippen MR) is 105 cm³/mol. The number of rotatable bonds is 4. The summed E-state index contributed by atoms with van der Waals surface area (Å²) in [5, 5.41) is 0. The lowest BCUT2D eigenvalue weighted by Gasteiger charge is -2.23. The maximum atomic E-state index is 13.1. The van der Waals surface area contributed by atoms with Crippen molar-refractivity contribution in [3.8, 4) is 0 Å². The SMILES string of the molecule is CSc1ccc(C)c(C(=O)N2CCCN(Cc3ccc(F)cc3)CC2)c1. The monoisotopic (exact) mass is 372 g/mol. The minimum Gasteiger partial charge on any atom is -0.337 e. The molecule has 0 aliphatic carbocycles. The molecule has 1 heterocycles. The van der Waals surface area contributed by atoms with Crippen molar-refractivity contribution in [2.45, 2.75) is 24.8 Å². The number of amides is 1. The molecular formula is C21H25FN2OS. The summed E-state index contributed by atoms with van der Waals surface area (Å²) in [6, 6.07) is 12.8. The Morgan fingerprint density at radius 1 is 1.08 bits per heavy atom. The summed E-state index contributed by atoms with van der Waals surface area (Å²) >= 11 is 1.66. The van der Waals surface area contributed by atoms with Gasteiger partial charge in [0.15, 0.2) is 0 Å². The quantitative estimate of drug-likeness (QED) is 0.752. The Balaban J connectivity index is 1.64. The molecule has 0 aromatic heterocycles. The van der Waals surface area contributed by atoms with E-state index in [-0.39, 0.29) is 11.7 Å². The average molecular weight is 373 g/mol. The van der Waals surface area contributed by atoms with E-state index in [0.29, 0.717) is 0 Å². The fourth-order valence-electron chi connectivity index (χ4n) is 3.31. The zero-order valence-corrected chi connectivity index (χ0v) is 16.2. The lowest BCUT2D eigenvalue weighted by Crippen LogP contribution is -2.35. The first-order valence-electron chi connectivity index (χ1n) is 8.97. The summed E-state index contributed by atoms with van der Waals surface area (Å²) < 4.78 is 13.1. The highest BCUT2D eigenvalue weighted by Gasteiger charge is 2.21. The van der Waals surface area contributed by atoms with Gasteiger partial charge in [0.2, 0.25) is 0 Å². The lowest BCUT2D eigenvalue weighted by atomic mass is 10.1. The molecule has 26 heavy (non-hydrogen) atoms. The summed E-state index contributed by atoms with van der Waals surface area (Å²) in [4.78, 5) is 18.4. The fraction of sp³-hybridized carbons (Fsp3) is 0.381. The molecular weight excluding hydrogens is 347 g/mol. The van der Waals surface area contributed by atoms with Gasteiger partial charge in [-0.3, -0.25) is 9.69 Å². The molecule has 1 aliphatic heterocycles. The smallest absolute Gasteiger partial charge is 0.254 e. The Labute approximate surface area is 159 Å². The van der Waals surface area contributed by atoms with Crippen molar-refractivity contribution in [3.63, 3.8) is 0 Å². The van der Waals surface area contributed by atoms with Crippen LogP contribution in [0.3, 0.4) is 0 Å². The van der Waals surface area contributed by atoms with Crippen molar-refractivity contribution < 1.29 is 9.18 Å². The zero-order valence-electron chi connectivity index (χ0n) is 15.4. The number of halogens is 1. The molecule has 0 atom stereocenters. The van der Waals surface area contributed by atoms with E-state index in [1.807, 2.05) is 42.3 Å². The first-order chi connectivity index (χ1) is 12.6. The highest BCUT2D eigenvalue weighted by molar-refractivity contribution is 7.98. The number of thioether (sulfide) groups is 1. The van der Waals surface area contributed by atoms with E-state index in [1.165, 1.54) is 12.1 Å². The third-order valence-corrected chi connectivity index (χ3v) is 5.60.